The SMILES string of the molecule is CCCCCCCC[P+](CCCCCCCC)(CCCCCCCC)CC(F)(F)C(F)(F)C(F)(F)C(F)F. The number of hydrogen-bond donors (Lipinski definition) is 0. The van der Waals surface area contributed by atoms with Crippen molar-refractivity contribution in [2.24, 2.45) is 0 Å². The first kappa shape index (κ1) is 37.9. The molecule has 0 fully saturated rings. The van der Waals surface area contributed by atoms with Gasteiger partial charge in [-0.3, -0.25) is 0 Å². The highest BCUT2D eigenvalue weighted by Gasteiger charge is 2.77. The van der Waals surface area contributed by atoms with Gasteiger partial charge in [0, 0.05) is 7.26 Å². The summed E-state index contributed by atoms with van der Waals surface area (Å²) in [5.74, 6) is -17.4. The topological polar surface area (TPSA) is 0 Å². The van der Waals surface area contributed by atoms with Gasteiger partial charge in [-0.2, -0.15) is 26.3 Å². The summed E-state index contributed by atoms with van der Waals surface area (Å²) in [6, 6.07) is 0. The zero-order valence-corrected chi connectivity index (χ0v) is 25.0. The third-order valence-electron chi connectivity index (χ3n) is 7.64. The lowest BCUT2D eigenvalue weighted by Gasteiger charge is -2.37. The van der Waals surface area contributed by atoms with Crippen LogP contribution in [0.2, 0.25) is 0 Å². The molecule has 0 bridgehead atoms. The van der Waals surface area contributed by atoms with E-state index >= 15 is 8.78 Å². The summed E-state index contributed by atoms with van der Waals surface area (Å²) in [4.78, 5) is 0. The van der Waals surface area contributed by atoms with Gasteiger partial charge in [0.15, 0.2) is 0 Å². The van der Waals surface area contributed by atoms with E-state index in [1.807, 2.05) is 0 Å². The molecule has 0 spiro atoms. The molecule has 0 aliphatic carbocycles. The molecular formula is C29H54F8P+. The molecule has 0 unspecified atom stereocenters. The van der Waals surface area contributed by atoms with Crippen LogP contribution in [-0.2, 0) is 0 Å². The summed E-state index contributed by atoms with van der Waals surface area (Å²) in [6.45, 7) is 6.24. The number of halogens is 8. The van der Waals surface area contributed by atoms with Crippen LogP contribution in [0, 0.1) is 0 Å². The molecule has 0 aliphatic heterocycles. The predicted octanol–water partition coefficient (Wildman–Crippen LogP) is 12.3. The Morgan fingerprint density at radius 3 is 1.05 bits per heavy atom. The first-order valence-electron chi connectivity index (χ1n) is 15.1. The summed E-state index contributed by atoms with van der Waals surface area (Å²) >= 11 is 0. The molecular weight excluding hydrogens is 531 g/mol. The fourth-order valence-corrected chi connectivity index (χ4v) is 10.0. The highest BCUT2D eigenvalue weighted by atomic mass is 31.2. The zero-order chi connectivity index (χ0) is 29.1. The fraction of sp³-hybridized carbons (Fsp3) is 1.00. The second kappa shape index (κ2) is 19.9. The fourth-order valence-electron chi connectivity index (χ4n) is 5.16. The van der Waals surface area contributed by atoms with E-state index in [9.17, 15) is 26.3 Å². The lowest BCUT2D eigenvalue weighted by molar-refractivity contribution is -0.332. The molecule has 0 saturated carbocycles. The van der Waals surface area contributed by atoms with E-state index < -0.39 is 37.6 Å². The minimum atomic E-state index is -6.09. The molecule has 0 aromatic heterocycles. The molecule has 0 nitrogen and oxygen atoms in total. The maximum absolute atomic E-state index is 15.0. The molecule has 0 N–H and O–H groups in total. The van der Waals surface area contributed by atoms with Gasteiger partial charge >= 0.3 is 24.2 Å². The molecule has 0 aliphatic rings. The van der Waals surface area contributed by atoms with E-state index in [-0.39, 0.29) is 0 Å². The van der Waals surface area contributed by atoms with Crippen LogP contribution in [0.5, 0.6) is 0 Å². The van der Waals surface area contributed by atoms with E-state index in [0.29, 0.717) is 37.7 Å². The number of unbranched alkanes of at least 4 members (excludes halogenated alkanes) is 15. The maximum Gasteiger partial charge on any atom is 0.381 e. The zero-order valence-electron chi connectivity index (χ0n) is 24.1. The Bertz CT molecular complexity index is 528. The van der Waals surface area contributed by atoms with E-state index in [1.165, 1.54) is 0 Å². The van der Waals surface area contributed by atoms with E-state index in [1.54, 1.807) is 0 Å². The molecule has 0 atom stereocenters. The van der Waals surface area contributed by atoms with Gasteiger partial charge in [0.25, 0.3) is 0 Å². The standard InChI is InChI=1S/C29H54F8P/c1-4-7-10-13-16-19-22-38(23-20-17-14-11-8-5-2,24-21-18-15-12-9-6-3)25-27(32,33)29(36,37)28(34,35)26(30)31/h26H,4-25H2,1-3H3/q+1. The summed E-state index contributed by atoms with van der Waals surface area (Å²) < 4.78 is 112. The Morgan fingerprint density at radius 1 is 0.474 bits per heavy atom. The number of hydrogen-bond acceptors (Lipinski definition) is 0. The molecule has 0 saturated heterocycles. The van der Waals surface area contributed by atoms with Crippen LogP contribution < -0.4 is 0 Å². The second-order valence-corrected chi connectivity index (χ2v) is 15.5. The van der Waals surface area contributed by atoms with Crippen LogP contribution >= 0.6 is 7.26 Å². The van der Waals surface area contributed by atoms with Crippen molar-refractivity contribution in [2.45, 2.75) is 161 Å². The van der Waals surface area contributed by atoms with Gasteiger partial charge < -0.3 is 0 Å². The highest BCUT2D eigenvalue weighted by Crippen LogP contribution is 2.66. The highest BCUT2D eigenvalue weighted by molar-refractivity contribution is 7.76. The predicted molar refractivity (Wildman–Crippen MR) is 147 cm³/mol. The molecule has 38 heavy (non-hydrogen) atoms. The molecule has 230 valence electrons. The molecule has 9 heteroatoms. The lowest BCUT2D eigenvalue weighted by atomic mass is 10.1. The lowest BCUT2D eigenvalue weighted by Crippen LogP contribution is -2.59. The van der Waals surface area contributed by atoms with Crippen molar-refractivity contribution in [1.82, 2.24) is 0 Å². The average Bonchev–Trinajstić information content (AvgIpc) is 2.85. The molecule has 0 aromatic rings. The van der Waals surface area contributed by atoms with Crippen molar-refractivity contribution in [2.75, 3.05) is 24.6 Å². The van der Waals surface area contributed by atoms with Crippen LogP contribution in [-0.4, -0.2) is 48.8 Å². The van der Waals surface area contributed by atoms with Crippen molar-refractivity contribution in [3.05, 3.63) is 0 Å². The molecule has 0 heterocycles. The first-order chi connectivity index (χ1) is 17.8. The largest absolute Gasteiger partial charge is 0.381 e. The van der Waals surface area contributed by atoms with Gasteiger partial charge in [-0.1, -0.05) is 97.8 Å². The van der Waals surface area contributed by atoms with Gasteiger partial charge in [-0.15, -0.1) is 0 Å². The van der Waals surface area contributed by atoms with Crippen LogP contribution in [0.1, 0.15) is 136 Å². The first-order valence-corrected chi connectivity index (χ1v) is 17.6. The van der Waals surface area contributed by atoms with E-state index in [0.717, 1.165) is 96.3 Å². The average molecular weight is 586 g/mol. The van der Waals surface area contributed by atoms with Gasteiger partial charge in [0.2, 0.25) is 0 Å². The Balaban J connectivity index is 5.79. The summed E-state index contributed by atoms with van der Waals surface area (Å²) in [6.07, 6.45) is 11.0. The Kier molecular flexibility index (Phi) is 19.8. The third kappa shape index (κ3) is 13.5. The van der Waals surface area contributed by atoms with Gasteiger partial charge in [0.05, 0.1) is 18.5 Å². The minimum absolute atomic E-state index is 0.342. The van der Waals surface area contributed by atoms with Gasteiger partial charge in [-0.05, 0) is 38.5 Å². The van der Waals surface area contributed by atoms with Crippen LogP contribution in [0.15, 0.2) is 0 Å². The number of alkyl halides is 8. The van der Waals surface area contributed by atoms with Crippen LogP contribution in [0.3, 0.4) is 0 Å². The minimum Gasteiger partial charge on any atom is -0.203 e. The van der Waals surface area contributed by atoms with Crippen molar-refractivity contribution < 1.29 is 35.1 Å². The van der Waals surface area contributed by atoms with Gasteiger partial charge in [-0.25, -0.2) is 8.78 Å². The Hall–Kier alpha value is -0.130. The molecule has 0 rings (SSSR count). The molecule has 0 aromatic carbocycles. The molecule has 0 radical (unpaired) electrons. The van der Waals surface area contributed by atoms with E-state index in [4.69, 9.17) is 0 Å². The van der Waals surface area contributed by atoms with Gasteiger partial charge in [0.1, 0.15) is 6.16 Å². The molecule has 0 amide bonds. The van der Waals surface area contributed by atoms with Crippen LogP contribution in [0.4, 0.5) is 35.1 Å². The summed E-state index contributed by atoms with van der Waals surface area (Å²) in [7, 11) is -2.79. The number of rotatable bonds is 26. The Morgan fingerprint density at radius 2 is 0.763 bits per heavy atom. The van der Waals surface area contributed by atoms with Crippen LogP contribution in [0.25, 0.3) is 0 Å². The van der Waals surface area contributed by atoms with Crippen molar-refractivity contribution >= 4 is 7.26 Å². The van der Waals surface area contributed by atoms with Crippen molar-refractivity contribution in [3.63, 3.8) is 0 Å². The monoisotopic (exact) mass is 585 g/mol. The third-order valence-corrected chi connectivity index (χ3v) is 12.5. The van der Waals surface area contributed by atoms with Crippen molar-refractivity contribution in [3.8, 4) is 0 Å². The second-order valence-electron chi connectivity index (χ2n) is 11.2. The smallest absolute Gasteiger partial charge is 0.203 e. The summed E-state index contributed by atoms with van der Waals surface area (Å²) in [5, 5.41) is 0. The Labute approximate surface area is 227 Å². The quantitative estimate of drug-likeness (QED) is 0.0538. The van der Waals surface area contributed by atoms with E-state index in [2.05, 4.69) is 20.8 Å². The van der Waals surface area contributed by atoms with Crippen molar-refractivity contribution in [1.29, 1.82) is 0 Å². The normalized spacial score (nSPS) is 13.6. The summed E-state index contributed by atoms with van der Waals surface area (Å²) in [5.41, 5.74) is 0. The maximum atomic E-state index is 15.0.